The first-order valence-electron chi connectivity index (χ1n) is 6.39. The van der Waals surface area contributed by atoms with Crippen LogP contribution in [-0.2, 0) is 11.6 Å². The molecule has 1 aliphatic rings. The molecule has 0 atom stereocenters. The molecule has 1 saturated carbocycles. The first-order valence-corrected chi connectivity index (χ1v) is 6.39. The van der Waals surface area contributed by atoms with E-state index in [0.717, 1.165) is 31.7 Å². The minimum atomic E-state index is -4.38. The highest BCUT2D eigenvalue weighted by Gasteiger charge is 2.42. The first-order chi connectivity index (χ1) is 8.93. The van der Waals surface area contributed by atoms with Gasteiger partial charge in [0.25, 0.3) is 0 Å². The predicted molar refractivity (Wildman–Crippen MR) is 67.2 cm³/mol. The number of ether oxygens (including phenoxy) is 1. The summed E-state index contributed by atoms with van der Waals surface area (Å²) in [7, 11) is 1.36. The van der Waals surface area contributed by atoms with Crippen LogP contribution >= 0.6 is 0 Å². The average Bonchev–Trinajstić information content (AvgIpc) is 2.87. The van der Waals surface area contributed by atoms with Crippen molar-refractivity contribution in [3.05, 3.63) is 29.3 Å². The molecule has 1 aliphatic carbocycles. The van der Waals surface area contributed by atoms with Crippen LogP contribution < -0.4 is 10.5 Å². The van der Waals surface area contributed by atoms with Crippen molar-refractivity contribution < 1.29 is 17.9 Å². The Kier molecular flexibility index (Phi) is 3.76. The van der Waals surface area contributed by atoms with Gasteiger partial charge in [0.2, 0.25) is 0 Å². The molecule has 0 aliphatic heterocycles. The first kappa shape index (κ1) is 14.2. The van der Waals surface area contributed by atoms with Crippen molar-refractivity contribution in [3.63, 3.8) is 0 Å². The highest BCUT2D eigenvalue weighted by atomic mass is 19.4. The molecule has 106 valence electrons. The SMILES string of the molecule is COc1ccc(C2(CN)CCCC2)c(C(F)(F)F)c1. The van der Waals surface area contributed by atoms with Crippen LogP contribution in [0.1, 0.15) is 36.8 Å². The zero-order valence-corrected chi connectivity index (χ0v) is 10.9. The number of benzene rings is 1. The Morgan fingerprint density at radius 3 is 2.37 bits per heavy atom. The number of halogens is 3. The van der Waals surface area contributed by atoms with Crippen LogP contribution in [-0.4, -0.2) is 13.7 Å². The van der Waals surface area contributed by atoms with Crippen LogP contribution in [0.4, 0.5) is 13.2 Å². The van der Waals surface area contributed by atoms with Crippen molar-refractivity contribution in [2.75, 3.05) is 13.7 Å². The molecular formula is C14H18F3NO. The summed E-state index contributed by atoms with van der Waals surface area (Å²) >= 11 is 0. The Morgan fingerprint density at radius 2 is 1.89 bits per heavy atom. The summed E-state index contributed by atoms with van der Waals surface area (Å²) < 4.78 is 44.6. The van der Waals surface area contributed by atoms with Gasteiger partial charge in [0.05, 0.1) is 12.7 Å². The second-order valence-electron chi connectivity index (χ2n) is 5.10. The van der Waals surface area contributed by atoms with E-state index < -0.39 is 17.2 Å². The Balaban J connectivity index is 2.56. The highest BCUT2D eigenvalue weighted by molar-refractivity contribution is 5.43. The maximum absolute atomic E-state index is 13.2. The van der Waals surface area contributed by atoms with Crippen molar-refractivity contribution >= 4 is 0 Å². The molecule has 0 saturated heterocycles. The number of hydrogen-bond acceptors (Lipinski definition) is 2. The van der Waals surface area contributed by atoms with Crippen molar-refractivity contribution in [1.82, 2.24) is 0 Å². The Bertz CT molecular complexity index is 450. The van der Waals surface area contributed by atoms with E-state index in [4.69, 9.17) is 10.5 Å². The third-order valence-electron chi connectivity index (χ3n) is 4.05. The van der Waals surface area contributed by atoms with Crippen LogP contribution in [0.25, 0.3) is 0 Å². The third kappa shape index (κ3) is 2.56. The summed E-state index contributed by atoms with van der Waals surface area (Å²) in [6.45, 7) is 0.252. The minimum absolute atomic E-state index is 0.223. The molecule has 0 amide bonds. The molecule has 0 bridgehead atoms. The number of hydrogen-bond donors (Lipinski definition) is 1. The van der Waals surface area contributed by atoms with Crippen LogP contribution in [0.15, 0.2) is 18.2 Å². The van der Waals surface area contributed by atoms with Gasteiger partial charge < -0.3 is 10.5 Å². The molecule has 0 unspecified atom stereocenters. The third-order valence-corrected chi connectivity index (χ3v) is 4.05. The zero-order chi connectivity index (χ0) is 14.1. The predicted octanol–water partition coefficient (Wildman–Crippen LogP) is 3.48. The second kappa shape index (κ2) is 5.04. The van der Waals surface area contributed by atoms with E-state index in [9.17, 15) is 13.2 Å². The van der Waals surface area contributed by atoms with E-state index in [-0.39, 0.29) is 12.3 Å². The molecule has 1 aromatic rings. The fourth-order valence-corrected chi connectivity index (χ4v) is 2.98. The lowest BCUT2D eigenvalue weighted by Gasteiger charge is -2.31. The lowest BCUT2D eigenvalue weighted by atomic mass is 9.76. The van der Waals surface area contributed by atoms with Gasteiger partial charge >= 0.3 is 6.18 Å². The summed E-state index contributed by atoms with van der Waals surface area (Å²) in [6.07, 6.45) is -1.08. The van der Waals surface area contributed by atoms with Gasteiger partial charge in [-0.3, -0.25) is 0 Å². The standard InChI is InChI=1S/C14H18F3NO/c1-19-10-4-5-11(12(8-10)14(15,16)17)13(9-18)6-2-3-7-13/h4-5,8H,2-3,6-7,9,18H2,1H3. The molecule has 2 nitrogen and oxygen atoms in total. The van der Waals surface area contributed by atoms with Gasteiger partial charge in [-0.25, -0.2) is 0 Å². The molecule has 0 heterocycles. The van der Waals surface area contributed by atoms with Gasteiger partial charge in [0.1, 0.15) is 5.75 Å². The number of nitrogens with two attached hydrogens (primary N) is 1. The van der Waals surface area contributed by atoms with E-state index >= 15 is 0 Å². The summed E-state index contributed by atoms with van der Waals surface area (Å²) in [5.41, 5.74) is 4.96. The zero-order valence-electron chi connectivity index (χ0n) is 10.9. The van der Waals surface area contributed by atoms with E-state index in [1.807, 2.05) is 0 Å². The van der Waals surface area contributed by atoms with E-state index in [1.165, 1.54) is 13.2 Å². The molecule has 5 heteroatoms. The Labute approximate surface area is 110 Å². The van der Waals surface area contributed by atoms with Gasteiger partial charge in [-0.15, -0.1) is 0 Å². The van der Waals surface area contributed by atoms with Gasteiger partial charge in [-0.2, -0.15) is 13.2 Å². The molecule has 0 aromatic heterocycles. The van der Waals surface area contributed by atoms with Crippen molar-refractivity contribution in [3.8, 4) is 5.75 Å². The lowest BCUT2D eigenvalue weighted by Crippen LogP contribution is -2.34. The molecule has 2 N–H and O–H groups in total. The monoisotopic (exact) mass is 273 g/mol. The molecule has 19 heavy (non-hydrogen) atoms. The molecule has 1 aromatic carbocycles. The van der Waals surface area contributed by atoms with Crippen LogP contribution in [0.3, 0.4) is 0 Å². The molecule has 0 spiro atoms. The lowest BCUT2D eigenvalue weighted by molar-refractivity contribution is -0.138. The van der Waals surface area contributed by atoms with Gasteiger partial charge in [-0.1, -0.05) is 18.9 Å². The normalized spacial score (nSPS) is 18.6. The van der Waals surface area contributed by atoms with E-state index in [1.54, 1.807) is 6.07 Å². The highest BCUT2D eigenvalue weighted by Crippen LogP contribution is 2.46. The van der Waals surface area contributed by atoms with Crippen LogP contribution in [0.5, 0.6) is 5.75 Å². The maximum atomic E-state index is 13.2. The molecular weight excluding hydrogens is 255 g/mol. The number of methoxy groups -OCH3 is 1. The largest absolute Gasteiger partial charge is 0.497 e. The van der Waals surface area contributed by atoms with Crippen LogP contribution in [0, 0.1) is 0 Å². The second-order valence-corrected chi connectivity index (χ2v) is 5.10. The Hall–Kier alpha value is -1.23. The van der Waals surface area contributed by atoms with E-state index in [2.05, 4.69) is 0 Å². The number of rotatable bonds is 3. The molecule has 2 rings (SSSR count). The average molecular weight is 273 g/mol. The Morgan fingerprint density at radius 1 is 1.26 bits per heavy atom. The topological polar surface area (TPSA) is 35.2 Å². The molecule has 0 radical (unpaired) electrons. The summed E-state index contributed by atoms with van der Waals surface area (Å²) in [6, 6.07) is 4.19. The van der Waals surface area contributed by atoms with Gasteiger partial charge in [0, 0.05) is 12.0 Å². The summed E-state index contributed by atoms with van der Waals surface area (Å²) in [5, 5.41) is 0. The van der Waals surface area contributed by atoms with Gasteiger partial charge in [-0.05, 0) is 30.5 Å². The number of alkyl halides is 3. The van der Waals surface area contributed by atoms with Crippen molar-refractivity contribution in [2.24, 2.45) is 5.73 Å². The quantitative estimate of drug-likeness (QED) is 0.915. The summed E-state index contributed by atoms with van der Waals surface area (Å²) in [5.74, 6) is 0.223. The summed E-state index contributed by atoms with van der Waals surface area (Å²) in [4.78, 5) is 0. The van der Waals surface area contributed by atoms with Crippen molar-refractivity contribution in [1.29, 1.82) is 0 Å². The fraction of sp³-hybridized carbons (Fsp3) is 0.571. The van der Waals surface area contributed by atoms with Crippen LogP contribution in [0.2, 0.25) is 0 Å². The fourth-order valence-electron chi connectivity index (χ4n) is 2.98. The van der Waals surface area contributed by atoms with Gasteiger partial charge in [0.15, 0.2) is 0 Å². The maximum Gasteiger partial charge on any atom is 0.416 e. The molecule has 1 fully saturated rings. The smallest absolute Gasteiger partial charge is 0.416 e. The minimum Gasteiger partial charge on any atom is -0.497 e. The van der Waals surface area contributed by atoms with Crippen molar-refractivity contribution in [2.45, 2.75) is 37.3 Å². The van der Waals surface area contributed by atoms with E-state index in [0.29, 0.717) is 5.56 Å².